The highest BCUT2D eigenvalue weighted by molar-refractivity contribution is 9.10. The van der Waals surface area contributed by atoms with E-state index in [1.807, 2.05) is 54.6 Å². The van der Waals surface area contributed by atoms with E-state index < -0.39 is 17.3 Å². The summed E-state index contributed by atoms with van der Waals surface area (Å²) < 4.78 is 6.31. The summed E-state index contributed by atoms with van der Waals surface area (Å²) in [5.74, 6) is -1.54. The Bertz CT molecular complexity index is 1060. The van der Waals surface area contributed by atoms with Crippen molar-refractivity contribution < 1.29 is 19.4 Å². The fraction of sp³-hybridized carbons (Fsp3) is 0.370. The molecule has 1 aliphatic carbocycles. The van der Waals surface area contributed by atoms with Gasteiger partial charge in [0.2, 0.25) is 0 Å². The first-order valence-corrected chi connectivity index (χ1v) is 12.0. The lowest BCUT2D eigenvalue weighted by molar-refractivity contribution is -0.141. The highest BCUT2D eigenvalue weighted by atomic mass is 79.9. The number of nitrogens with zero attached hydrogens (tertiary/aromatic N) is 1. The summed E-state index contributed by atoms with van der Waals surface area (Å²) in [6.45, 7) is 2.11. The third-order valence-electron chi connectivity index (χ3n) is 6.23. The van der Waals surface area contributed by atoms with Gasteiger partial charge in [-0.1, -0.05) is 78.2 Å². The van der Waals surface area contributed by atoms with E-state index in [-0.39, 0.29) is 43.0 Å². The zero-order valence-electron chi connectivity index (χ0n) is 18.7. The maximum Gasteiger partial charge on any atom is 0.337 e. The number of halogens is 1. The van der Waals surface area contributed by atoms with Crippen molar-refractivity contribution >= 4 is 27.7 Å². The second kappa shape index (κ2) is 11.3. The van der Waals surface area contributed by atoms with Crippen molar-refractivity contribution in [1.82, 2.24) is 0 Å². The number of rotatable bonds is 9. The van der Waals surface area contributed by atoms with Gasteiger partial charge < -0.3 is 9.84 Å². The summed E-state index contributed by atoms with van der Waals surface area (Å²) in [4.78, 5) is 26.3. The van der Waals surface area contributed by atoms with E-state index in [0.29, 0.717) is 6.42 Å². The van der Waals surface area contributed by atoms with Crippen molar-refractivity contribution in [3.05, 3.63) is 81.5 Å². The third kappa shape index (κ3) is 5.72. The van der Waals surface area contributed by atoms with Crippen molar-refractivity contribution in [2.24, 2.45) is 5.41 Å². The number of esters is 1. The number of hydrogen-bond acceptors (Lipinski definition) is 5. The largest absolute Gasteiger partial charge is 0.512 e. The van der Waals surface area contributed by atoms with Crippen LogP contribution >= 0.6 is 15.9 Å². The number of ketones is 1. The van der Waals surface area contributed by atoms with Crippen LogP contribution in [0.2, 0.25) is 0 Å². The molecule has 0 heterocycles. The lowest BCUT2D eigenvalue weighted by Gasteiger charge is -2.38. The highest BCUT2D eigenvalue weighted by Gasteiger charge is 2.51. The van der Waals surface area contributed by atoms with E-state index in [4.69, 9.17) is 4.74 Å². The van der Waals surface area contributed by atoms with Crippen LogP contribution < -0.4 is 0 Å². The van der Waals surface area contributed by atoms with Gasteiger partial charge in [-0.25, -0.2) is 4.79 Å². The van der Waals surface area contributed by atoms with Crippen molar-refractivity contribution in [2.45, 2.75) is 58.0 Å². The van der Waals surface area contributed by atoms with Gasteiger partial charge in [0.25, 0.3) is 0 Å². The molecular formula is C27H28BrNO4. The average Bonchev–Trinajstić information content (AvgIpc) is 2.83. The molecule has 33 heavy (non-hydrogen) atoms. The molecule has 0 radical (unpaired) electrons. The van der Waals surface area contributed by atoms with Gasteiger partial charge >= 0.3 is 5.97 Å². The highest BCUT2D eigenvalue weighted by Crippen LogP contribution is 2.50. The summed E-state index contributed by atoms with van der Waals surface area (Å²) in [5, 5.41) is 21.1. The minimum absolute atomic E-state index is 0.0182. The van der Waals surface area contributed by atoms with Crippen molar-refractivity contribution in [2.75, 3.05) is 0 Å². The van der Waals surface area contributed by atoms with Crippen LogP contribution in [-0.4, -0.2) is 16.9 Å². The van der Waals surface area contributed by atoms with Gasteiger partial charge in [-0.3, -0.25) is 4.79 Å². The van der Waals surface area contributed by atoms with Crippen LogP contribution in [0, 0.1) is 16.7 Å². The molecule has 5 nitrogen and oxygen atoms in total. The number of Topliss-reactive ketones (excluding diaryl/α,β-unsaturated/α-hetero) is 1. The van der Waals surface area contributed by atoms with Crippen LogP contribution in [0.3, 0.4) is 0 Å². The van der Waals surface area contributed by atoms with Crippen molar-refractivity contribution in [3.63, 3.8) is 0 Å². The number of nitriles is 1. The molecule has 0 unspecified atom stereocenters. The van der Waals surface area contributed by atoms with Crippen LogP contribution in [-0.2, 0) is 20.9 Å². The number of aliphatic hydroxyl groups is 1. The Kier molecular flexibility index (Phi) is 8.46. The Morgan fingerprint density at radius 3 is 2.48 bits per heavy atom. The van der Waals surface area contributed by atoms with E-state index in [2.05, 4.69) is 28.9 Å². The molecule has 0 aliphatic heterocycles. The Hall–Kier alpha value is -2.91. The second-order valence-electron chi connectivity index (χ2n) is 8.44. The molecule has 0 aromatic heterocycles. The molecule has 1 aliphatic rings. The number of aliphatic hydroxyl groups excluding tert-OH is 1. The van der Waals surface area contributed by atoms with Crippen molar-refractivity contribution in [1.29, 1.82) is 5.26 Å². The van der Waals surface area contributed by atoms with Crippen LogP contribution in [0.1, 0.15) is 62.5 Å². The van der Waals surface area contributed by atoms with Gasteiger partial charge in [-0.2, -0.15) is 5.26 Å². The maximum absolute atomic E-state index is 13.4. The Labute approximate surface area is 203 Å². The summed E-state index contributed by atoms with van der Waals surface area (Å²) in [7, 11) is 0. The minimum atomic E-state index is -1.44. The number of hydrogen-bond donors (Lipinski definition) is 1. The van der Waals surface area contributed by atoms with Gasteiger partial charge in [0, 0.05) is 29.7 Å². The van der Waals surface area contributed by atoms with Crippen LogP contribution in [0.4, 0.5) is 0 Å². The molecular weight excluding hydrogens is 482 g/mol. The number of carbonyl (C=O) groups excluding carboxylic acids is 2. The van der Waals surface area contributed by atoms with E-state index in [1.54, 1.807) is 0 Å². The van der Waals surface area contributed by atoms with Gasteiger partial charge in [-0.15, -0.1) is 0 Å². The Balaban J connectivity index is 1.92. The fourth-order valence-electron chi connectivity index (χ4n) is 4.32. The van der Waals surface area contributed by atoms with Crippen LogP contribution in [0.5, 0.6) is 0 Å². The monoisotopic (exact) mass is 509 g/mol. The smallest absolute Gasteiger partial charge is 0.337 e. The number of unbranched alkanes of at least 4 members (excludes halogenated alkanes) is 2. The molecule has 6 heteroatoms. The summed E-state index contributed by atoms with van der Waals surface area (Å²) in [5.41, 5.74) is 0.183. The van der Waals surface area contributed by atoms with Crippen LogP contribution in [0.15, 0.2) is 70.4 Å². The molecule has 0 saturated heterocycles. The first kappa shape index (κ1) is 24.7. The molecule has 2 atom stereocenters. The van der Waals surface area contributed by atoms with Crippen LogP contribution in [0.25, 0.3) is 0 Å². The molecule has 2 aromatic rings. The van der Waals surface area contributed by atoms with E-state index in [9.17, 15) is 20.0 Å². The fourth-order valence-corrected chi connectivity index (χ4v) is 4.59. The van der Waals surface area contributed by atoms with E-state index in [1.165, 1.54) is 0 Å². The zero-order chi connectivity index (χ0) is 23.8. The zero-order valence-corrected chi connectivity index (χ0v) is 20.3. The quantitative estimate of drug-likeness (QED) is 0.306. The topological polar surface area (TPSA) is 87.4 Å². The molecule has 0 bridgehead atoms. The molecule has 0 amide bonds. The molecule has 0 spiro atoms. The van der Waals surface area contributed by atoms with Gasteiger partial charge in [0.1, 0.15) is 17.8 Å². The first-order valence-electron chi connectivity index (χ1n) is 11.2. The predicted octanol–water partition coefficient (Wildman–Crippen LogP) is 6.54. The van der Waals surface area contributed by atoms with E-state index >= 15 is 0 Å². The SMILES string of the molecule is CCCCCC(=O)[C@]1(C#N)CC(C(=O)OCc2ccccc2)=C(O)C[C@H]1c1ccc(Br)cc1. The molecule has 172 valence electrons. The Morgan fingerprint density at radius 1 is 1.15 bits per heavy atom. The average molecular weight is 510 g/mol. The number of carbonyl (C=O) groups is 2. The Morgan fingerprint density at radius 2 is 1.85 bits per heavy atom. The predicted molar refractivity (Wildman–Crippen MR) is 129 cm³/mol. The van der Waals surface area contributed by atoms with Gasteiger partial charge in [-0.05, 0) is 29.7 Å². The second-order valence-corrected chi connectivity index (χ2v) is 9.35. The lowest BCUT2D eigenvalue weighted by atomic mass is 9.61. The van der Waals surface area contributed by atoms with Gasteiger partial charge in [0.15, 0.2) is 5.78 Å². The molecule has 1 N–H and O–H groups in total. The summed E-state index contributed by atoms with van der Waals surface area (Å²) >= 11 is 3.41. The van der Waals surface area contributed by atoms with E-state index in [0.717, 1.165) is 28.4 Å². The standard InChI is InChI=1S/C27H28BrNO4/c1-2-3-5-10-25(31)27(18-29)16-22(26(32)33-17-19-8-6-4-7-9-19)24(30)15-23(27)20-11-13-21(28)14-12-20/h4,6-9,11-14,23,30H,2-3,5,10,15-17H2,1H3/t23-,27-/m0/s1. The minimum Gasteiger partial charge on any atom is -0.512 e. The third-order valence-corrected chi connectivity index (χ3v) is 6.76. The maximum atomic E-state index is 13.4. The number of benzene rings is 2. The molecule has 0 fully saturated rings. The van der Waals surface area contributed by atoms with Crippen molar-refractivity contribution in [3.8, 4) is 6.07 Å². The molecule has 2 aromatic carbocycles. The molecule has 0 saturated carbocycles. The van der Waals surface area contributed by atoms with Gasteiger partial charge in [0.05, 0.1) is 11.6 Å². The summed E-state index contributed by atoms with van der Waals surface area (Å²) in [6, 6.07) is 18.9. The molecule has 3 rings (SSSR count). The normalized spacial score (nSPS) is 20.2. The number of ether oxygens (including phenoxy) is 1. The summed E-state index contributed by atoms with van der Waals surface area (Å²) in [6.07, 6.45) is 2.68. The lowest BCUT2D eigenvalue weighted by Crippen LogP contribution is -2.41. The number of allylic oxidation sites excluding steroid dienone is 1. The first-order chi connectivity index (χ1) is 15.9.